The van der Waals surface area contributed by atoms with Crippen molar-refractivity contribution in [3.05, 3.63) is 0 Å². The molecular formula is C13H28. The van der Waals surface area contributed by atoms with Gasteiger partial charge in [0, 0.05) is 0 Å². The van der Waals surface area contributed by atoms with Gasteiger partial charge < -0.3 is 0 Å². The van der Waals surface area contributed by atoms with E-state index in [1.807, 2.05) is 0 Å². The van der Waals surface area contributed by atoms with Gasteiger partial charge in [0.1, 0.15) is 0 Å². The van der Waals surface area contributed by atoms with Crippen molar-refractivity contribution in [1.29, 1.82) is 0 Å². The first-order chi connectivity index (χ1) is 6.08. The van der Waals surface area contributed by atoms with E-state index in [-0.39, 0.29) is 0 Å². The SMILES string of the molecule is CCC(C)C(C(C)C)C(CC)CC. The van der Waals surface area contributed by atoms with Gasteiger partial charge in [-0.1, -0.05) is 60.8 Å². The molecular weight excluding hydrogens is 156 g/mol. The second kappa shape index (κ2) is 6.45. The second-order valence-corrected chi connectivity index (χ2v) is 4.78. The molecule has 0 heterocycles. The van der Waals surface area contributed by atoms with Crippen LogP contribution in [0.5, 0.6) is 0 Å². The molecule has 0 aromatic heterocycles. The fourth-order valence-corrected chi connectivity index (χ4v) is 2.77. The summed E-state index contributed by atoms with van der Waals surface area (Å²) in [5.41, 5.74) is 0. The maximum atomic E-state index is 2.42. The first-order valence-corrected chi connectivity index (χ1v) is 6.08. The molecule has 0 aliphatic rings. The summed E-state index contributed by atoms with van der Waals surface area (Å²) in [6.45, 7) is 14.2. The molecule has 0 fully saturated rings. The van der Waals surface area contributed by atoms with E-state index in [9.17, 15) is 0 Å². The van der Waals surface area contributed by atoms with Crippen LogP contribution >= 0.6 is 0 Å². The molecule has 0 aromatic rings. The number of rotatable bonds is 6. The number of hydrogen-bond donors (Lipinski definition) is 0. The van der Waals surface area contributed by atoms with Crippen LogP contribution in [0.1, 0.15) is 60.8 Å². The molecule has 0 heteroatoms. The van der Waals surface area contributed by atoms with Crippen LogP contribution in [0.15, 0.2) is 0 Å². The Kier molecular flexibility index (Phi) is 6.45. The summed E-state index contributed by atoms with van der Waals surface area (Å²) in [4.78, 5) is 0. The minimum Gasteiger partial charge on any atom is -0.0651 e. The van der Waals surface area contributed by atoms with E-state index >= 15 is 0 Å². The van der Waals surface area contributed by atoms with Crippen molar-refractivity contribution < 1.29 is 0 Å². The third kappa shape index (κ3) is 3.70. The van der Waals surface area contributed by atoms with Gasteiger partial charge in [0.05, 0.1) is 0 Å². The van der Waals surface area contributed by atoms with Crippen molar-refractivity contribution >= 4 is 0 Å². The Bertz CT molecular complexity index is 111. The molecule has 0 N–H and O–H groups in total. The third-order valence-corrected chi connectivity index (χ3v) is 3.66. The molecule has 0 saturated heterocycles. The third-order valence-electron chi connectivity index (χ3n) is 3.66. The Balaban J connectivity index is 4.38. The molecule has 0 spiro atoms. The van der Waals surface area contributed by atoms with Gasteiger partial charge in [0.2, 0.25) is 0 Å². The van der Waals surface area contributed by atoms with E-state index in [1.54, 1.807) is 0 Å². The molecule has 0 nitrogen and oxygen atoms in total. The van der Waals surface area contributed by atoms with E-state index in [0.29, 0.717) is 0 Å². The molecule has 0 radical (unpaired) electrons. The van der Waals surface area contributed by atoms with Gasteiger partial charge >= 0.3 is 0 Å². The first kappa shape index (κ1) is 13.0. The Labute approximate surface area is 85.1 Å². The molecule has 80 valence electrons. The molecule has 0 rings (SSSR count). The van der Waals surface area contributed by atoms with Crippen molar-refractivity contribution in [1.82, 2.24) is 0 Å². The molecule has 2 unspecified atom stereocenters. The average Bonchev–Trinajstić information content (AvgIpc) is 2.12. The highest BCUT2D eigenvalue weighted by Crippen LogP contribution is 2.34. The molecule has 0 aromatic carbocycles. The second-order valence-electron chi connectivity index (χ2n) is 4.78. The van der Waals surface area contributed by atoms with E-state index < -0.39 is 0 Å². The minimum absolute atomic E-state index is 0.847. The Morgan fingerprint density at radius 2 is 1.23 bits per heavy atom. The van der Waals surface area contributed by atoms with E-state index in [0.717, 1.165) is 23.7 Å². The zero-order valence-electron chi connectivity index (χ0n) is 10.4. The topological polar surface area (TPSA) is 0 Å². The van der Waals surface area contributed by atoms with Crippen LogP contribution < -0.4 is 0 Å². The minimum atomic E-state index is 0.847. The summed E-state index contributed by atoms with van der Waals surface area (Å²) in [5, 5.41) is 0. The molecule has 0 bridgehead atoms. The summed E-state index contributed by atoms with van der Waals surface area (Å²) in [6, 6.07) is 0. The smallest absolute Gasteiger partial charge is 0.0337 e. The lowest BCUT2D eigenvalue weighted by atomic mass is 9.72. The standard InChI is InChI=1S/C13H28/c1-7-11(6)13(10(4)5)12(8-2)9-3/h10-13H,7-9H2,1-6H3. The number of hydrogen-bond acceptors (Lipinski definition) is 0. The zero-order chi connectivity index (χ0) is 10.4. The van der Waals surface area contributed by atoms with Crippen LogP contribution in [0.4, 0.5) is 0 Å². The Morgan fingerprint density at radius 1 is 0.769 bits per heavy atom. The predicted octanol–water partition coefficient (Wildman–Crippen LogP) is 4.74. The van der Waals surface area contributed by atoms with Crippen LogP contribution in [0, 0.1) is 23.7 Å². The first-order valence-electron chi connectivity index (χ1n) is 6.08. The summed E-state index contributed by atoms with van der Waals surface area (Å²) in [7, 11) is 0. The highest BCUT2D eigenvalue weighted by Gasteiger charge is 2.25. The van der Waals surface area contributed by atoms with Crippen molar-refractivity contribution in [3.8, 4) is 0 Å². The molecule has 2 atom stereocenters. The zero-order valence-corrected chi connectivity index (χ0v) is 10.4. The summed E-state index contributed by atoms with van der Waals surface area (Å²) in [6.07, 6.45) is 4.03. The largest absolute Gasteiger partial charge is 0.0651 e. The van der Waals surface area contributed by atoms with Crippen LogP contribution in [-0.2, 0) is 0 Å². The fourth-order valence-electron chi connectivity index (χ4n) is 2.77. The lowest BCUT2D eigenvalue weighted by molar-refractivity contribution is 0.161. The summed E-state index contributed by atoms with van der Waals surface area (Å²) < 4.78 is 0. The van der Waals surface area contributed by atoms with Gasteiger partial charge in [-0.05, 0) is 23.7 Å². The maximum absolute atomic E-state index is 2.42. The van der Waals surface area contributed by atoms with Gasteiger partial charge in [-0.3, -0.25) is 0 Å². The highest BCUT2D eigenvalue weighted by atomic mass is 14.3. The Hall–Kier alpha value is 0. The predicted molar refractivity (Wildman–Crippen MR) is 61.9 cm³/mol. The Morgan fingerprint density at radius 3 is 1.46 bits per heavy atom. The van der Waals surface area contributed by atoms with E-state index in [4.69, 9.17) is 0 Å². The van der Waals surface area contributed by atoms with Crippen molar-refractivity contribution in [2.24, 2.45) is 23.7 Å². The average molecular weight is 184 g/mol. The summed E-state index contributed by atoms with van der Waals surface area (Å²) in [5.74, 6) is 3.61. The lowest BCUT2D eigenvalue weighted by Crippen LogP contribution is -2.25. The highest BCUT2D eigenvalue weighted by molar-refractivity contribution is 4.75. The molecule has 0 amide bonds. The molecule has 0 aliphatic heterocycles. The summed E-state index contributed by atoms with van der Waals surface area (Å²) >= 11 is 0. The molecule has 13 heavy (non-hydrogen) atoms. The van der Waals surface area contributed by atoms with Crippen molar-refractivity contribution in [3.63, 3.8) is 0 Å². The van der Waals surface area contributed by atoms with Crippen LogP contribution in [0.25, 0.3) is 0 Å². The van der Waals surface area contributed by atoms with E-state index in [2.05, 4.69) is 41.5 Å². The van der Waals surface area contributed by atoms with Crippen molar-refractivity contribution in [2.45, 2.75) is 60.8 Å². The van der Waals surface area contributed by atoms with E-state index in [1.165, 1.54) is 19.3 Å². The fraction of sp³-hybridized carbons (Fsp3) is 1.00. The maximum Gasteiger partial charge on any atom is -0.0337 e. The van der Waals surface area contributed by atoms with Crippen molar-refractivity contribution in [2.75, 3.05) is 0 Å². The van der Waals surface area contributed by atoms with Gasteiger partial charge in [-0.15, -0.1) is 0 Å². The normalized spacial score (nSPS) is 16.6. The van der Waals surface area contributed by atoms with Gasteiger partial charge in [0.25, 0.3) is 0 Å². The van der Waals surface area contributed by atoms with Gasteiger partial charge in [0.15, 0.2) is 0 Å². The lowest BCUT2D eigenvalue weighted by Gasteiger charge is -2.33. The molecule has 0 saturated carbocycles. The van der Waals surface area contributed by atoms with Crippen LogP contribution in [0.3, 0.4) is 0 Å². The van der Waals surface area contributed by atoms with Gasteiger partial charge in [-0.2, -0.15) is 0 Å². The van der Waals surface area contributed by atoms with Crippen LogP contribution in [0.2, 0.25) is 0 Å². The quantitative estimate of drug-likeness (QED) is 0.559. The van der Waals surface area contributed by atoms with Gasteiger partial charge in [-0.25, -0.2) is 0 Å². The monoisotopic (exact) mass is 184 g/mol. The molecule has 0 aliphatic carbocycles. The van der Waals surface area contributed by atoms with Crippen LogP contribution in [-0.4, -0.2) is 0 Å².